The largest absolute Gasteiger partial charge is 0.494 e. The molecule has 0 aromatic heterocycles. The van der Waals surface area contributed by atoms with Crippen LogP contribution in [0.3, 0.4) is 0 Å². The number of hydrogen-bond acceptors (Lipinski definition) is 2. The zero-order chi connectivity index (χ0) is 12.8. The van der Waals surface area contributed by atoms with Crippen LogP contribution in [-0.4, -0.2) is 13.2 Å². The van der Waals surface area contributed by atoms with Crippen molar-refractivity contribution in [1.29, 1.82) is 0 Å². The van der Waals surface area contributed by atoms with Crippen molar-refractivity contribution in [2.75, 3.05) is 13.2 Å². The number of rotatable bonds is 6. The molecule has 0 spiro atoms. The second-order valence-electron chi connectivity index (χ2n) is 5.82. The first kappa shape index (κ1) is 13.4. The Balaban J connectivity index is 1.71. The molecule has 2 rings (SSSR count). The standard InChI is InChI=1S/C16H25NO/c1-14-8-10-16(12-14,13-17)9-5-11-18-15-6-3-2-4-7-15/h2-4,6-7,14H,5,8-13,17H2,1H3. The maximum atomic E-state index is 5.98. The monoisotopic (exact) mass is 247 g/mol. The third-order valence-electron chi connectivity index (χ3n) is 4.25. The fourth-order valence-corrected chi connectivity index (χ4v) is 3.16. The Hall–Kier alpha value is -1.02. The highest BCUT2D eigenvalue weighted by atomic mass is 16.5. The molecule has 0 heterocycles. The molecule has 100 valence electrons. The molecule has 2 heteroatoms. The minimum Gasteiger partial charge on any atom is -0.494 e. The highest BCUT2D eigenvalue weighted by Gasteiger charge is 2.35. The van der Waals surface area contributed by atoms with Crippen LogP contribution in [0.2, 0.25) is 0 Å². The zero-order valence-corrected chi connectivity index (χ0v) is 11.4. The molecule has 2 nitrogen and oxygen atoms in total. The van der Waals surface area contributed by atoms with Crippen LogP contribution >= 0.6 is 0 Å². The number of benzene rings is 1. The van der Waals surface area contributed by atoms with Crippen molar-refractivity contribution in [3.8, 4) is 5.75 Å². The van der Waals surface area contributed by atoms with Gasteiger partial charge in [0.05, 0.1) is 6.61 Å². The molecule has 1 aromatic rings. The molecular weight excluding hydrogens is 222 g/mol. The predicted molar refractivity (Wildman–Crippen MR) is 75.7 cm³/mol. The van der Waals surface area contributed by atoms with Gasteiger partial charge in [-0.15, -0.1) is 0 Å². The van der Waals surface area contributed by atoms with Crippen LogP contribution in [0.4, 0.5) is 0 Å². The van der Waals surface area contributed by atoms with E-state index in [1.807, 2.05) is 30.3 Å². The van der Waals surface area contributed by atoms with Crippen molar-refractivity contribution in [2.24, 2.45) is 17.1 Å². The van der Waals surface area contributed by atoms with Gasteiger partial charge in [0.2, 0.25) is 0 Å². The Morgan fingerprint density at radius 3 is 2.72 bits per heavy atom. The Bertz CT molecular complexity index is 351. The highest BCUT2D eigenvalue weighted by molar-refractivity contribution is 5.20. The Labute approximate surface area is 111 Å². The molecule has 0 bridgehead atoms. The van der Waals surface area contributed by atoms with E-state index in [1.165, 1.54) is 25.7 Å². The molecule has 0 aliphatic heterocycles. The third-order valence-corrected chi connectivity index (χ3v) is 4.25. The van der Waals surface area contributed by atoms with Crippen molar-refractivity contribution in [2.45, 2.75) is 39.0 Å². The van der Waals surface area contributed by atoms with Gasteiger partial charge in [-0.25, -0.2) is 0 Å². The van der Waals surface area contributed by atoms with Crippen LogP contribution < -0.4 is 10.5 Å². The van der Waals surface area contributed by atoms with E-state index < -0.39 is 0 Å². The average molecular weight is 247 g/mol. The molecule has 0 radical (unpaired) electrons. The lowest BCUT2D eigenvalue weighted by atomic mass is 9.81. The Morgan fingerprint density at radius 1 is 1.33 bits per heavy atom. The fourth-order valence-electron chi connectivity index (χ4n) is 3.16. The third kappa shape index (κ3) is 3.49. The van der Waals surface area contributed by atoms with E-state index in [2.05, 4.69) is 6.92 Å². The zero-order valence-electron chi connectivity index (χ0n) is 11.4. The van der Waals surface area contributed by atoms with Gasteiger partial charge in [0.25, 0.3) is 0 Å². The number of hydrogen-bond donors (Lipinski definition) is 1. The summed E-state index contributed by atoms with van der Waals surface area (Å²) < 4.78 is 5.74. The molecule has 1 fully saturated rings. The summed E-state index contributed by atoms with van der Waals surface area (Å²) in [5.74, 6) is 1.82. The van der Waals surface area contributed by atoms with Gasteiger partial charge in [0.15, 0.2) is 0 Å². The van der Waals surface area contributed by atoms with Gasteiger partial charge < -0.3 is 10.5 Å². The van der Waals surface area contributed by atoms with E-state index in [-0.39, 0.29) is 0 Å². The summed E-state index contributed by atoms with van der Waals surface area (Å²) in [6, 6.07) is 10.0. The normalized spacial score (nSPS) is 27.3. The fraction of sp³-hybridized carbons (Fsp3) is 0.625. The minimum absolute atomic E-state index is 0.402. The van der Waals surface area contributed by atoms with Crippen molar-refractivity contribution in [3.05, 3.63) is 30.3 Å². The van der Waals surface area contributed by atoms with Gasteiger partial charge in [0.1, 0.15) is 5.75 Å². The molecule has 18 heavy (non-hydrogen) atoms. The highest BCUT2D eigenvalue weighted by Crippen LogP contribution is 2.44. The summed E-state index contributed by atoms with van der Waals surface area (Å²) in [5, 5.41) is 0. The summed E-state index contributed by atoms with van der Waals surface area (Å²) in [5.41, 5.74) is 6.39. The van der Waals surface area contributed by atoms with Crippen LogP contribution in [0.15, 0.2) is 30.3 Å². The Morgan fingerprint density at radius 2 is 2.11 bits per heavy atom. The first-order chi connectivity index (χ1) is 8.74. The minimum atomic E-state index is 0.402. The van der Waals surface area contributed by atoms with Gasteiger partial charge >= 0.3 is 0 Å². The SMILES string of the molecule is CC1CCC(CN)(CCCOc2ccccc2)C1. The topological polar surface area (TPSA) is 35.2 Å². The number of para-hydroxylation sites is 1. The molecule has 0 saturated heterocycles. The van der Waals surface area contributed by atoms with E-state index in [0.29, 0.717) is 5.41 Å². The lowest BCUT2D eigenvalue weighted by Crippen LogP contribution is -2.28. The quantitative estimate of drug-likeness (QED) is 0.779. The molecule has 1 aliphatic carbocycles. The van der Waals surface area contributed by atoms with Crippen LogP contribution in [-0.2, 0) is 0 Å². The molecular formula is C16H25NO. The van der Waals surface area contributed by atoms with E-state index in [4.69, 9.17) is 10.5 Å². The lowest BCUT2D eigenvalue weighted by Gasteiger charge is -2.27. The molecule has 1 saturated carbocycles. The van der Waals surface area contributed by atoms with Gasteiger partial charge in [-0.3, -0.25) is 0 Å². The molecule has 1 aromatic carbocycles. The van der Waals surface area contributed by atoms with Gasteiger partial charge in [-0.1, -0.05) is 31.5 Å². The summed E-state index contributed by atoms with van der Waals surface area (Å²) in [7, 11) is 0. The molecule has 2 atom stereocenters. The van der Waals surface area contributed by atoms with E-state index in [1.54, 1.807) is 0 Å². The maximum absolute atomic E-state index is 5.98. The average Bonchev–Trinajstić information content (AvgIpc) is 2.78. The number of ether oxygens (including phenoxy) is 1. The first-order valence-corrected chi connectivity index (χ1v) is 7.12. The van der Waals surface area contributed by atoms with E-state index in [9.17, 15) is 0 Å². The molecule has 2 unspecified atom stereocenters. The van der Waals surface area contributed by atoms with Gasteiger partial charge in [-0.2, -0.15) is 0 Å². The second kappa shape index (κ2) is 6.24. The van der Waals surface area contributed by atoms with Crippen LogP contribution in [0, 0.1) is 11.3 Å². The second-order valence-corrected chi connectivity index (χ2v) is 5.82. The Kier molecular flexibility index (Phi) is 4.65. The number of nitrogens with two attached hydrogens (primary N) is 1. The van der Waals surface area contributed by atoms with Crippen molar-refractivity contribution >= 4 is 0 Å². The summed E-state index contributed by atoms with van der Waals surface area (Å²) in [4.78, 5) is 0. The van der Waals surface area contributed by atoms with Gasteiger partial charge in [-0.05, 0) is 55.7 Å². The summed E-state index contributed by atoms with van der Waals surface area (Å²) in [6.45, 7) is 3.99. The smallest absolute Gasteiger partial charge is 0.119 e. The van der Waals surface area contributed by atoms with Crippen LogP contribution in [0.25, 0.3) is 0 Å². The molecule has 2 N–H and O–H groups in total. The lowest BCUT2D eigenvalue weighted by molar-refractivity contribution is 0.227. The van der Waals surface area contributed by atoms with E-state index in [0.717, 1.165) is 31.2 Å². The van der Waals surface area contributed by atoms with Crippen molar-refractivity contribution < 1.29 is 4.74 Å². The predicted octanol–water partition coefficient (Wildman–Crippen LogP) is 3.61. The van der Waals surface area contributed by atoms with Crippen LogP contribution in [0.5, 0.6) is 5.75 Å². The van der Waals surface area contributed by atoms with Crippen LogP contribution in [0.1, 0.15) is 39.0 Å². The first-order valence-electron chi connectivity index (χ1n) is 7.12. The van der Waals surface area contributed by atoms with Crippen molar-refractivity contribution in [1.82, 2.24) is 0 Å². The van der Waals surface area contributed by atoms with Crippen molar-refractivity contribution in [3.63, 3.8) is 0 Å². The summed E-state index contributed by atoms with van der Waals surface area (Å²) in [6.07, 6.45) is 6.26. The molecule has 1 aliphatic rings. The van der Waals surface area contributed by atoms with E-state index >= 15 is 0 Å². The maximum Gasteiger partial charge on any atom is 0.119 e. The molecule has 0 amide bonds. The van der Waals surface area contributed by atoms with Gasteiger partial charge in [0, 0.05) is 0 Å². The summed E-state index contributed by atoms with van der Waals surface area (Å²) >= 11 is 0.